The third-order valence-corrected chi connectivity index (χ3v) is 6.02. The molecule has 136 valence electrons. The van der Waals surface area contributed by atoms with Gasteiger partial charge in [-0.05, 0) is 48.5 Å². The molecule has 0 saturated carbocycles. The lowest BCUT2D eigenvalue weighted by Gasteiger charge is -2.04. The van der Waals surface area contributed by atoms with Crippen molar-refractivity contribution in [1.29, 1.82) is 0 Å². The Labute approximate surface area is 162 Å². The standard InChI is InChI=1S/C20H16N2O3S2/c1-27(24)15-9-6-13(7-10-15)19(23)21-12-14-8-11-17(25-14)20-22-16-4-2-3-5-18(16)26-20/h2-11H,12H2,1H3,(H,21,23). The molecule has 0 fully saturated rings. The molecule has 2 aromatic heterocycles. The first-order valence-electron chi connectivity index (χ1n) is 8.26. The molecular weight excluding hydrogens is 380 g/mol. The van der Waals surface area contributed by atoms with Crippen LogP contribution < -0.4 is 5.32 Å². The summed E-state index contributed by atoms with van der Waals surface area (Å²) in [7, 11) is -1.06. The summed E-state index contributed by atoms with van der Waals surface area (Å²) in [5.41, 5.74) is 1.46. The van der Waals surface area contributed by atoms with Crippen molar-refractivity contribution >= 4 is 38.3 Å². The summed E-state index contributed by atoms with van der Waals surface area (Å²) < 4.78 is 18.3. The smallest absolute Gasteiger partial charge is 0.251 e. The summed E-state index contributed by atoms with van der Waals surface area (Å²) in [6.45, 7) is 0.283. The Balaban J connectivity index is 1.43. The summed E-state index contributed by atoms with van der Waals surface area (Å²) in [4.78, 5) is 17.5. The molecule has 0 bridgehead atoms. The summed E-state index contributed by atoms with van der Waals surface area (Å²) in [6.07, 6.45) is 1.61. The molecule has 1 amide bonds. The molecule has 4 aromatic rings. The Bertz CT molecular complexity index is 1100. The van der Waals surface area contributed by atoms with Crippen LogP contribution in [0.3, 0.4) is 0 Å². The van der Waals surface area contributed by atoms with Crippen molar-refractivity contribution in [1.82, 2.24) is 10.3 Å². The lowest BCUT2D eigenvalue weighted by Crippen LogP contribution is -2.22. The highest BCUT2D eigenvalue weighted by Crippen LogP contribution is 2.31. The van der Waals surface area contributed by atoms with E-state index >= 15 is 0 Å². The monoisotopic (exact) mass is 396 g/mol. The number of hydrogen-bond acceptors (Lipinski definition) is 5. The molecular formula is C20H16N2O3S2. The number of rotatable bonds is 5. The minimum Gasteiger partial charge on any atom is -0.457 e. The topological polar surface area (TPSA) is 72.2 Å². The minimum atomic E-state index is -1.06. The number of amides is 1. The Morgan fingerprint density at radius 3 is 2.63 bits per heavy atom. The molecule has 1 unspecified atom stereocenters. The van der Waals surface area contributed by atoms with Crippen LogP contribution in [0.5, 0.6) is 0 Å². The summed E-state index contributed by atoms with van der Waals surface area (Å²) in [5.74, 6) is 1.14. The molecule has 27 heavy (non-hydrogen) atoms. The highest BCUT2D eigenvalue weighted by Gasteiger charge is 2.12. The van der Waals surface area contributed by atoms with Gasteiger partial charge >= 0.3 is 0 Å². The summed E-state index contributed by atoms with van der Waals surface area (Å²) in [6, 6.07) is 18.4. The second kappa shape index (κ2) is 7.46. The van der Waals surface area contributed by atoms with E-state index in [-0.39, 0.29) is 12.5 Å². The van der Waals surface area contributed by atoms with E-state index in [1.807, 2.05) is 36.4 Å². The van der Waals surface area contributed by atoms with E-state index in [0.717, 1.165) is 15.2 Å². The van der Waals surface area contributed by atoms with Gasteiger partial charge in [-0.25, -0.2) is 4.98 Å². The molecule has 0 spiro atoms. The van der Waals surface area contributed by atoms with E-state index in [2.05, 4.69) is 10.3 Å². The fraction of sp³-hybridized carbons (Fsp3) is 0.100. The van der Waals surface area contributed by atoms with Gasteiger partial charge in [0.15, 0.2) is 10.8 Å². The quantitative estimate of drug-likeness (QED) is 0.548. The van der Waals surface area contributed by atoms with E-state index in [9.17, 15) is 9.00 Å². The predicted molar refractivity (Wildman–Crippen MR) is 107 cm³/mol. The van der Waals surface area contributed by atoms with Crippen molar-refractivity contribution < 1.29 is 13.4 Å². The van der Waals surface area contributed by atoms with E-state index < -0.39 is 10.8 Å². The van der Waals surface area contributed by atoms with Gasteiger partial charge in [0.05, 0.1) is 16.8 Å². The van der Waals surface area contributed by atoms with Crippen molar-refractivity contribution in [2.75, 3.05) is 6.26 Å². The number of fused-ring (bicyclic) bond motifs is 1. The highest BCUT2D eigenvalue weighted by molar-refractivity contribution is 7.84. The fourth-order valence-electron chi connectivity index (χ4n) is 2.63. The van der Waals surface area contributed by atoms with Crippen molar-refractivity contribution in [3.05, 3.63) is 72.0 Å². The first-order chi connectivity index (χ1) is 13.1. The van der Waals surface area contributed by atoms with Gasteiger partial charge in [0.1, 0.15) is 5.76 Å². The van der Waals surface area contributed by atoms with Crippen molar-refractivity contribution in [2.24, 2.45) is 0 Å². The van der Waals surface area contributed by atoms with Crippen molar-refractivity contribution in [2.45, 2.75) is 11.4 Å². The second-order valence-corrected chi connectivity index (χ2v) is 8.32. The Morgan fingerprint density at radius 1 is 1.11 bits per heavy atom. The van der Waals surface area contributed by atoms with Crippen LogP contribution in [0.25, 0.3) is 21.0 Å². The first kappa shape index (κ1) is 17.6. The molecule has 2 heterocycles. The molecule has 1 N–H and O–H groups in total. The SMILES string of the molecule is CS(=O)c1ccc(C(=O)NCc2ccc(-c3nc4ccccc4s3)o2)cc1. The van der Waals surface area contributed by atoms with Crippen LogP contribution in [0.2, 0.25) is 0 Å². The number of nitrogens with zero attached hydrogens (tertiary/aromatic N) is 1. The van der Waals surface area contributed by atoms with Crippen molar-refractivity contribution in [3.63, 3.8) is 0 Å². The number of hydrogen-bond donors (Lipinski definition) is 1. The van der Waals surface area contributed by atoms with E-state index in [1.54, 1.807) is 41.9 Å². The number of aromatic nitrogens is 1. The molecule has 2 aromatic carbocycles. The maximum atomic E-state index is 12.3. The molecule has 0 aliphatic carbocycles. The number of nitrogens with one attached hydrogen (secondary N) is 1. The molecule has 0 radical (unpaired) electrons. The molecule has 0 saturated heterocycles. The van der Waals surface area contributed by atoms with Crippen molar-refractivity contribution in [3.8, 4) is 10.8 Å². The average molecular weight is 396 g/mol. The Hall–Kier alpha value is -2.77. The van der Waals surface area contributed by atoms with Crippen LogP contribution in [0.4, 0.5) is 0 Å². The molecule has 7 heteroatoms. The third-order valence-electron chi connectivity index (χ3n) is 4.04. The number of thiazole rings is 1. The van der Waals surface area contributed by atoms with Crippen LogP contribution in [-0.2, 0) is 17.3 Å². The van der Waals surface area contributed by atoms with Gasteiger partial charge in [0, 0.05) is 27.5 Å². The molecule has 1 atom stereocenters. The Kier molecular flexibility index (Phi) is 4.87. The van der Waals surface area contributed by atoms with Crippen LogP contribution in [0.15, 0.2) is 70.0 Å². The van der Waals surface area contributed by atoms with E-state index in [4.69, 9.17) is 4.42 Å². The number of carbonyl (C=O) groups excluding carboxylic acids is 1. The van der Waals surface area contributed by atoms with E-state index in [0.29, 0.717) is 22.0 Å². The van der Waals surface area contributed by atoms with Gasteiger partial charge in [-0.2, -0.15) is 0 Å². The van der Waals surface area contributed by atoms with Gasteiger partial charge in [-0.1, -0.05) is 12.1 Å². The zero-order valence-electron chi connectivity index (χ0n) is 14.5. The second-order valence-electron chi connectivity index (χ2n) is 5.91. The van der Waals surface area contributed by atoms with Gasteiger partial charge in [0.25, 0.3) is 5.91 Å². The third kappa shape index (κ3) is 3.84. The van der Waals surface area contributed by atoms with Gasteiger partial charge < -0.3 is 9.73 Å². The maximum Gasteiger partial charge on any atom is 0.251 e. The minimum absolute atomic E-state index is 0.207. The number of para-hydroxylation sites is 1. The van der Waals surface area contributed by atoms with E-state index in [1.165, 1.54) is 0 Å². The van der Waals surface area contributed by atoms with Gasteiger partial charge in [0.2, 0.25) is 0 Å². The van der Waals surface area contributed by atoms with Gasteiger partial charge in [-0.15, -0.1) is 11.3 Å². The molecule has 0 aliphatic heterocycles. The molecule has 0 aliphatic rings. The normalized spacial score (nSPS) is 12.2. The number of carbonyl (C=O) groups is 1. The maximum absolute atomic E-state index is 12.3. The lowest BCUT2D eigenvalue weighted by molar-refractivity contribution is 0.0948. The first-order valence-corrected chi connectivity index (χ1v) is 10.6. The predicted octanol–water partition coefficient (Wildman–Crippen LogP) is 4.22. The van der Waals surface area contributed by atoms with Crippen LogP contribution >= 0.6 is 11.3 Å². The number of furan rings is 1. The van der Waals surface area contributed by atoms with Crippen LogP contribution in [-0.4, -0.2) is 21.4 Å². The van der Waals surface area contributed by atoms with Crippen LogP contribution in [0, 0.1) is 0 Å². The highest BCUT2D eigenvalue weighted by atomic mass is 32.2. The summed E-state index contributed by atoms with van der Waals surface area (Å²) in [5, 5.41) is 3.65. The number of benzene rings is 2. The molecule has 4 rings (SSSR count). The largest absolute Gasteiger partial charge is 0.457 e. The fourth-order valence-corrected chi connectivity index (χ4v) is 4.08. The van der Waals surface area contributed by atoms with Crippen LogP contribution in [0.1, 0.15) is 16.1 Å². The lowest BCUT2D eigenvalue weighted by atomic mass is 10.2. The zero-order chi connectivity index (χ0) is 18.8. The summed E-state index contributed by atoms with van der Waals surface area (Å²) >= 11 is 1.57. The van der Waals surface area contributed by atoms with Gasteiger partial charge in [-0.3, -0.25) is 9.00 Å². The zero-order valence-corrected chi connectivity index (χ0v) is 16.1. The molecule has 5 nitrogen and oxygen atoms in total. The Morgan fingerprint density at radius 2 is 1.89 bits per heavy atom. The average Bonchev–Trinajstić information content (AvgIpc) is 3.32.